The Hall–Kier alpha value is -4.38. The van der Waals surface area contributed by atoms with Gasteiger partial charge in [-0.05, 0) is 86.7 Å². The monoisotopic (exact) mass is 599 g/mol. The Morgan fingerprint density at radius 1 is 0.977 bits per heavy atom. The molecule has 1 saturated heterocycles. The third kappa shape index (κ3) is 8.82. The summed E-state index contributed by atoms with van der Waals surface area (Å²) in [7, 11) is 0. The number of hydrogen-bond donors (Lipinski definition) is 4. The first-order valence-electron chi connectivity index (χ1n) is 14.8. The van der Waals surface area contributed by atoms with Crippen LogP contribution in [0.1, 0.15) is 69.7 Å². The zero-order valence-electron chi connectivity index (χ0n) is 25.7. The van der Waals surface area contributed by atoms with Gasteiger partial charge in [0.15, 0.2) is 0 Å². The number of anilines is 2. The number of nitrogens with zero attached hydrogens (tertiary/aromatic N) is 3. The fourth-order valence-electron chi connectivity index (χ4n) is 5.20. The number of benzene rings is 3. The number of aliphatic hydroxyl groups excluding tert-OH is 2. The van der Waals surface area contributed by atoms with E-state index in [2.05, 4.69) is 15.8 Å². The minimum absolute atomic E-state index is 0.0158. The van der Waals surface area contributed by atoms with Crippen LogP contribution < -0.4 is 15.6 Å². The number of amides is 3. The van der Waals surface area contributed by atoms with Crippen LogP contribution >= 0.6 is 0 Å². The third-order valence-electron chi connectivity index (χ3n) is 7.43. The number of aryl methyl sites for hydroxylation is 2. The van der Waals surface area contributed by atoms with Crippen molar-refractivity contribution in [1.82, 2.24) is 10.3 Å². The van der Waals surface area contributed by atoms with Gasteiger partial charge in [-0.2, -0.15) is 5.10 Å². The molecular weight excluding hydrogens is 558 g/mol. The van der Waals surface area contributed by atoms with Crippen LogP contribution in [0.5, 0.6) is 0 Å². The molecule has 1 aliphatic rings. The second-order valence-electron chi connectivity index (χ2n) is 11.5. The summed E-state index contributed by atoms with van der Waals surface area (Å²) in [5.74, 6) is -0.963. The van der Waals surface area contributed by atoms with E-state index in [1.54, 1.807) is 61.4 Å². The van der Waals surface area contributed by atoms with Crippen molar-refractivity contribution in [3.05, 3.63) is 94.0 Å². The summed E-state index contributed by atoms with van der Waals surface area (Å²) < 4.78 is 0. The lowest BCUT2D eigenvalue weighted by Crippen LogP contribution is -2.35. The molecule has 1 aliphatic heterocycles. The zero-order valence-corrected chi connectivity index (χ0v) is 25.7. The van der Waals surface area contributed by atoms with Gasteiger partial charge in [0, 0.05) is 43.9 Å². The van der Waals surface area contributed by atoms with Gasteiger partial charge in [0.2, 0.25) is 5.91 Å². The summed E-state index contributed by atoms with van der Waals surface area (Å²) in [5, 5.41) is 26.7. The maximum absolute atomic E-state index is 13.4. The van der Waals surface area contributed by atoms with Crippen LogP contribution in [0.25, 0.3) is 0 Å². The number of aliphatic hydroxyl groups is 2. The maximum Gasteiger partial charge on any atom is 0.273 e. The highest BCUT2D eigenvalue weighted by molar-refractivity contribution is 6.10. The first kappa shape index (κ1) is 32.5. The van der Waals surface area contributed by atoms with E-state index < -0.39 is 24.0 Å². The Labute approximate surface area is 258 Å². The quantitative estimate of drug-likeness (QED) is 0.184. The van der Waals surface area contributed by atoms with E-state index in [4.69, 9.17) is 0 Å². The van der Waals surface area contributed by atoms with Gasteiger partial charge in [0.25, 0.3) is 11.8 Å². The largest absolute Gasteiger partial charge is 0.392 e. The molecule has 1 heterocycles. The van der Waals surface area contributed by atoms with Crippen molar-refractivity contribution in [2.45, 2.75) is 59.3 Å². The number of carbonyl (C=O) groups excluding carboxylic acids is 3. The summed E-state index contributed by atoms with van der Waals surface area (Å²) in [5.41, 5.74) is 7.89. The van der Waals surface area contributed by atoms with Gasteiger partial charge in [0.05, 0.1) is 29.7 Å². The van der Waals surface area contributed by atoms with E-state index in [-0.39, 0.29) is 17.2 Å². The summed E-state index contributed by atoms with van der Waals surface area (Å²) in [4.78, 5) is 42.7. The molecule has 0 bridgehead atoms. The van der Waals surface area contributed by atoms with E-state index in [9.17, 15) is 24.6 Å². The second-order valence-corrected chi connectivity index (χ2v) is 11.5. The van der Waals surface area contributed by atoms with Crippen LogP contribution in [-0.4, -0.2) is 70.9 Å². The van der Waals surface area contributed by atoms with Gasteiger partial charge >= 0.3 is 0 Å². The van der Waals surface area contributed by atoms with Gasteiger partial charge in [-0.1, -0.05) is 30.3 Å². The van der Waals surface area contributed by atoms with Crippen molar-refractivity contribution in [3.8, 4) is 0 Å². The average Bonchev–Trinajstić information content (AvgIpc) is 3.40. The summed E-state index contributed by atoms with van der Waals surface area (Å²) >= 11 is 0. The molecule has 0 saturated carbocycles. The minimum Gasteiger partial charge on any atom is -0.392 e. The Morgan fingerprint density at radius 2 is 1.73 bits per heavy atom. The van der Waals surface area contributed by atoms with E-state index in [0.29, 0.717) is 43.9 Å². The number of hydrazone groups is 1. The summed E-state index contributed by atoms with van der Waals surface area (Å²) in [6.45, 7) is 9.13. The van der Waals surface area contributed by atoms with Crippen LogP contribution in [0.2, 0.25) is 0 Å². The molecule has 0 aliphatic carbocycles. The average molecular weight is 600 g/mol. The highest BCUT2D eigenvalue weighted by atomic mass is 16.3. The Balaban J connectivity index is 1.56. The van der Waals surface area contributed by atoms with Gasteiger partial charge in [-0.15, -0.1) is 0 Å². The molecule has 2 unspecified atom stereocenters. The van der Waals surface area contributed by atoms with Crippen LogP contribution in [0, 0.1) is 13.8 Å². The Morgan fingerprint density at radius 3 is 2.39 bits per heavy atom. The van der Waals surface area contributed by atoms with Crippen molar-refractivity contribution in [2.24, 2.45) is 5.10 Å². The van der Waals surface area contributed by atoms with E-state index in [0.717, 1.165) is 28.7 Å². The molecule has 4 N–H and O–H groups in total. The molecule has 3 aromatic carbocycles. The van der Waals surface area contributed by atoms with Gasteiger partial charge < -0.3 is 20.4 Å². The molecule has 0 radical (unpaired) electrons. The molecule has 44 heavy (non-hydrogen) atoms. The minimum atomic E-state index is -0.575. The standard InChI is InChI=1S/C34H41N5O5/c1-22-10-11-26(15-23(22)2)18-35-37-34(44)30-17-29(39-14-6-9-32(39)42)12-13-31(30)36-33(43)28-8-5-7-27(16-28)21-38(19-24(3)40)20-25(4)41/h5,7-8,10-13,15-18,24-25,40-41H,6,9,14,19-21H2,1-4H3,(H,36,43)(H,37,44). The number of nitrogens with one attached hydrogen (secondary N) is 2. The topological polar surface area (TPSA) is 135 Å². The molecule has 232 valence electrons. The zero-order chi connectivity index (χ0) is 31.8. The normalized spacial score (nSPS) is 14.7. The molecule has 3 aromatic rings. The fourth-order valence-corrected chi connectivity index (χ4v) is 5.20. The first-order valence-corrected chi connectivity index (χ1v) is 14.8. The van der Waals surface area contributed by atoms with Gasteiger partial charge in [-0.25, -0.2) is 5.43 Å². The van der Waals surface area contributed by atoms with Gasteiger partial charge in [0.1, 0.15) is 0 Å². The molecule has 3 amide bonds. The molecule has 1 fully saturated rings. The molecule has 4 rings (SSSR count). The SMILES string of the molecule is Cc1ccc(C=NNC(=O)c2cc(N3CCCC3=O)ccc2NC(=O)c2cccc(CN(CC(C)O)CC(C)O)c2)cc1C. The van der Waals surface area contributed by atoms with Gasteiger partial charge in [-0.3, -0.25) is 19.3 Å². The van der Waals surface area contributed by atoms with Crippen molar-refractivity contribution in [3.63, 3.8) is 0 Å². The summed E-state index contributed by atoms with van der Waals surface area (Å²) in [6, 6.07) is 17.9. The van der Waals surface area contributed by atoms with Crippen molar-refractivity contribution < 1.29 is 24.6 Å². The van der Waals surface area contributed by atoms with Crippen LogP contribution in [0.3, 0.4) is 0 Å². The molecule has 0 spiro atoms. The lowest BCUT2D eigenvalue weighted by Gasteiger charge is -2.25. The number of rotatable bonds is 12. The van der Waals surface area contributed by atoms with E-state index in [1.807, 2.05) is 43.0 Å². The van der Waals surface area contributed by atoms with Crippen molar-refractivity contribution in [1.29, 1.82) is 0 Å². The van der Waals surface area contributed by atoms with Crippen LogP contribution in [0.15, 0.2) is 65.8 Å². The predicted molar refractivity (Wildman–Crippen MR) is 172 cm³/mol. The fraction of sp³-hybridized carbons (Fsp3) is 0.353. The first-order chi connectivity index (χ1) is 21.0. The maximum atomic E-state index is 13.4. The Bertz CT molecular complexity index is 1520. The van der Waals surface area contributed by atoms with E-state index >= 15 is 0 Å². The molecule has 10 heteroatoms. The lowest BCUT2D eigenvalue weighted by molar-refractivity contribution is -0.117. The Kier molecular flexibility index (Phi) is 11.0. The van der Waals surface area contributed by atoms with E-state index in [1.165, 1.54) is 0 Å². The highest BCUT2D eigenvalue weighted by Gasteiger charge is 2.24. The van der Waals surface area contributed by atoms with Crippen molar-refractivity contribution in [2.75, 3.05) is 29.9 Å². The lowest BCUT2D eigenvalue weighted by atomic mass is 10.1. The second kappa shape index (κ2) is 14.9. The third-order valence-corrected chi connectivity index (χ3v) is 7.43. The molecule has 0 aromatic heterocycles. The molecule has 2 atom stereocenters. The molecule has 10 nitrogen and oxygen atoms in total. The van der Waals surface area contributed by atoms with Crippen LogP contribution in [0.4, 0.5) is 11.4 Å². The smallest absolute Gasteiger partial charge is 0.273 e. The predicted octanol–water partition coefficient (Wildman–Crippen LogP) is 4.01. The highest BCUT2D eigenvalue weighted by Crippen LogP contribution is 2.27. The number of carbonyl (C=O) groups is 3. The van der Waals surface area contributed by atoms with Crippen molar-refractivity contribution >= 4 is 35.3 Å². The summed E-state index contributed by atoms with van der Waals surface area (Å²) in [6.07, 6.45) is 1.59. The number of hydrogen-bond acceptors (Lipinski definition) is 7. The van der Waals surface area contributed by atoms with Crippen LogP contribution in [-0.2, 0) is 11.3 Å². The molecular formula is C34H41N5O5.